The van der Waals surface area contributed by atoms with Gasteiger partial charge in [0.1, 0.15) is 11.5 Å². The van der Waals surface area contributed by atoms with Crippen LogP contribution in [0.15, 0.2) is 10.5 Å². The fourth-order valence-corrected chi connectivity index (χ4v) is 1.36. The minimum absolute atomic E-state index is 0.106. The predicted molar refractivity (Wildman–Crippen MR) is 65.4 cm³/mol. The van der Waals surface area contributed by atoms with Crippen molar-refractivity contribution in [2.45, 2.75) is 53.4 Å². The summed E-state index contributed by atoms with van der Waals surface area (Å²) in [4.78, 5) is 0. The largest absolute Gasteiger partial charge is 0.465 e. The standard InChI is InChI=1S/C13H23NO2/c1-6-14-8-12-7-11(10(2)16-12)9-15-13(3,4)5/h7,14H,6,8-9H2,1-5H3. The molecule has 0 saturated carbocycles. The average molecular weight is 225 g/mol. The second kappa shape index (κ2) is 5.51. The van der Waals surface area contributed by atoms with Gasteiger partial charge in [-0.2, -0.15) is 0 Å². The second-order valence-electron chi connectivity index (χ2n) is 4.98. The zero-order valence-corrected chi connectivity index (χ0v) is 11.0. The van der Waals surface area contributed by atoms with Crippen molar-refractivity contribution in [2.24, 2.45) is 0 Å². The van der Waals surface area contributed by atoms with E-state index < -0.39 is 0 Å². The summed E-state index contributed by atoms with van der Waals surface area (Å²) in [7, 11) is 0. The summed E-state index contributed by atoms with van der Waals surface area (Å²) in [5.41, 5.74) is 1.04. The molecule has 1 heterocycles. The van der Waals surface area contributed by atoms with Crippen LogP contribution in [-0.2, 0) is 17.9 Å². The van der Waals surface area contributed by atoms with Gasteiger partial charge < -0.3 is 14.5 Å². The summed E-state index contributed by atoms with van der Waals surface area (Å²) >= 11 is 0. The van der Waals surface area contributed by atoms with Crippen molar-refractivity contribution in [3.63, 3.8) is 0 Å². The van der Waals surface area contributed by atoms with Gasteiger partial charge in [-0.25, -0.2) is 0 Å². The quantitative estimate of drug-likeness (QED) is 0.836. The van der Waals surface area contributed by atoms with Crippen LogP contribution in [-0.4, -0.2) is 12.1 Å². The number of furan rings is 1. The van der Waals surface area contributed by atoms with Crippen LogP contribution in [0.5, 0.6) is 0 Å². The van der Waals surface area contributed by atoms with E-state index in [0.717, 1.165) is 30.2 Å². The molecule has 0 aromatic carbocycles. The first-order valence-corrected chi connectivity index (χ1v) is 5.85. The Morgan fingerprint density at radius 1 is 1.38 bits per heavy atom. The van der Waals surface area contributed by atoms with Gasteiger partial charge in [0.2, 0.25) is 0 Å². The van der Waals surface area contributed by atoms with Crippen molar-refractivity contribution in [1.82, 2.24) is 5.32 Å². The number of nitrogens with one attached hydrogen (secondary N) is 1. The number of aryl methyl sites for hydroxylation is 1. The molecule has 0 radical (unpaired) electrons. The van der Waals surface area contributed by atoms with Crippen molar-refractivity contribution < 1.29 is 9.15 Å². The van der Waals surface area contributed by atoms with Crippen LogP contribution in [0.4, 0.5) is 0 Å². The molecule has 0 aliphatic carbocycles. The number of hydrogen-bond donors (Lipinski definition) is 1. The van der Waals surface area contributed by atoms with Crippen molar-refractivity contribution in [1.29, 1.82) is 0 Å². The van der Waals surface area contributed by atoms with Gasteiger partial charge in [0.05, 0.1) is 18.8 Å². The molecule has 1 N–H and O–H groups in total. The summed E-state index contributed by atoms with van der Waals surface area (Å²) in [6.45, 7) is 12.6. The third kappa shape index (κ3) is 4.37. The maximum absolute atomic E-state index is 5.73. The van der Waals surface area contributed by atoms with Gasteiger partial charge in [0.25, 0.3) is 0 Å². The van der Waals surface area contributed by atoms with E-state index in [1.807, 2.05) is 6.92 Å². The predicted octanol–water partition coefficient (Wildman–Crippen LogP) is 3.01. The lowest BCUT2D eigenvalue weighted by molar-refractivity contribution is -0.0153. The number of rotatable bonds is 5. The molecule has 92 valence electrons. The Bertz CT molecular complexity index is 323. The molecular formula is C13H23NO2. The summed E-state index contributed by atoms with van der Waals surface area (Å²) in [5.74, 6) is 1.93. The van der Waals surface area contributed by atoms with Crippen LogP contribution in [0, 0.1) is 6.92 Å². The van der Waals surface area contributed by atoms with Crippen LogP contribution in [0.25, 0.3) is 0 Å². The molecule has 1 aromatic heterocycles. The third-order valence-corrected chi connectivity index (χ3v) is 2.28. The SMILES string of the molecule is CCNCc1cc(COC(C)(C)C)c(C)o1. The summed E-state index contributed by atoms with van der Waals surface area (Å²) in [6, 6.07) is 2.07. The van der Waals surface area contributed by atoms with Gasteiger partial charge in [-0.1, -0.05) is 6.92 Å². The first kappa shape index (κ1) is 13.3. The summed E-state index contributed by atoms with van der Waals surface area (Å²) in [6.07, 6.45) is 0. The fraction of sp³-hybridized carbons (Fsp3) is 0.692. The van der Waals surface area contributed by atoms with Crippen molar-refractivity contribution in [3.8, 4) is 0 Å². The van der Waals surface area contributed by atoms with Crippen LogP contribution in [0.1, 0.15) is 44.8 Å². The van der Waals surface area contributed by atoms with E-state index in [1.54, 1.807) is 0 Å². The molecule has 1 aromatic rings. The Hall–Kier alpha value is -0.800. The number of hydrogen-bond acceptors (Lipinski definition) is 3. The van der Waals surface area contributed by atoms with Gasteiger partial charge in [0.15, 0.2) is 0 Å². The maximum Gasteiger partial charge on any atom is 0.118 e. The van der Waals surface area contributed by atoms with Gasteiger partial charge in [-0.3, -0.25) is 0 Å². The van der Waals surface area contributed by atoms with E-state index in [9.17, 15) is 0 Å². The Kier molecular flexibility index (Phi) is 4.56. The van der Waals surface area contributed by atoms with Crippen LogP contribution in [0.3, 0.4) is 0 Å². The van der Waals surface area contributed by atoms with E-state index in [-0.39, 0.29) is 5.60 Å². The first-order chi connectivity index (χ1) is 7.42. The molecule has 3 heteroatoms. The first-order valence-electron chi connectivity index (χ1n) is 5.85. The molecule has 0 amide bonds. The molecule has 0 aliphatic heterocycles. The third-order valence-electron chi connectivity index (χ3n) is 2.28. The van der Waals surface area contributed by atoms with Gasteiger partial charge in [-0.05, 0) is 40.3 Å². The lowest BCUT2D eigenvalue weighted by Gasteiger charge is -2.18. The highest BCUT2D eigenvalue weighted by Crippen LogP contribution is 2.18. The van der Waals surface area contributed by atoms with E-state index >= 15 is 0 Å². The Morgan fingerprint density at radius 2 is 2.06 bits per heavy atom. The molecule has 1 rings (SSSR count). The van der Waals surface area contributed by atoms with Crippen LogP contribution >= 0.6 is 0 Å². The molecule has 0 bridgehead atoms. The van der Waals surface area contributed by atoms with Gasteiger partial charge >= 0.3 is 0 Å². The van der Waals surface area contributed by atoms with Gasteiger partial charge in [-0.15, -0.1) is 0 Å². The topological polar surface area (TPSA) is 34.4 Å². The maximum atomic E-state index is 5.73. The average Bonchev–Trinajstić information content (AvgIpc) is 2.52. The van der Waals surface area contributed by atoms with E-state index in [0.29, 0.717) is 6.61 Å². The van der Waals surface area contributed by atoms with Crippen molar-refractivity contribution in [3.05, 3.63) is 23.2 Å². The Morgan fingerprint density at radius 3 is 2.62 bits per heavy atom. The minimum atomic E-state index is -0.106. The second-order valence-corrected chi connectivity index (χ2v) is 4.98. The molecule has 0 spiro atoms. The van der Waals surface area contributed by atoms with Crippen molar-refractivity contribution >= 4 is 0 Å². The normalized spacial score (nSPS) is 12.1. The molecule has 0 atom stereocenters. The Labute approximate surface area is 98.2 Å². The molecule has 0 saturated heterocycles. The highest BCUT2D eigenvalue weighted by atomic mass is 16.5. The summed E-state index contributed by atoms with van der Waals surface area (Å²) < 4.78 is 11.4. The molecule has 0 fully saturated rings. The Balaban J connectivity index is 2.56. The van der Waals surface area contributed by atoms with E-state index in [1.165, 1.54) is 0 Å². The molecule has 16 heavy (non-hydrogen) atoms. The summed E-state index contributed by atoms with van der Waals surface area (Å²) in [5, 5.41) is 3.24. The van der Waals surface area contributed by atoms with E-state index in [4.69, 9.17) is 9.15 Å². The number of ether oxygens (including phenoxy) is 1. The molecule has 0 aliphatic rings. The smallest absolute Gasteiger partial charge is 0.118 e. The highest BCUT2D eigenvalue weighted by molar-refractivity contribution is 5.20. The molecule has 3 nitrogen and oxygen atoms in total. The zero-order chi connectivity index (χ0) is 12.2. The lowest BCUT2D eigenvalue weighted by Crippen LogP contribution is -2.18. The van der Waals surface area contributed by atoms with Crippen LogP contribution in [0.2, 0.25) is 0 Å². The zero-order valence-electron chi connectivity index (χ0n) is 11.0. The highest BCUT2D eigenvalue weighted by Gasteiger charge is 2.13. The lowest BCUT2D eigenvalue weighted by atomic mass is 10.2. The minimum Gasteiger partial charge on any atom is -0.465 e. The molecule has 0 unspecified atom stereocenters. The van der Waals surface area contributed by atoms with Gasteiger partial charge in [0, 0.05) is 5.56 Å². The van der Waals surface area contributed by atoms with E-state index in [2.05, 4.69) is 39.1 Å². The van der Waals surface area contributed by atoms with Crippen molar-refractivity contribution in [2.75, 3.05) is 6.54 Å². The fourth-order valence-electron chi connectivity index (χ4n) is 1.36. The molecular weight excluding hydrogens is 202 g/mol. The monoisotopic (exact) mass is 225 g/mol. The van der Waals surface area contributed by atoms with Crippen LogP contribution < -0.4 is 5.32 Å².